The highest BCUT2D eigenvalue weighted by Gasteiger charge is 2.85. The molecule has 8 aliphatic rings. The Hall–Kier alpha value is -2.94. The average Bonchev–Trinajstić information content (AvgIpc) is 3.91. The van der Waals surface area contributed by atoms with Crippen LogP contribution in [-0.2, 0) is 38.7 Å². The van der Waals surface area contributed by atoms with Crippen LogP contribution in [0.5, 0.6) is 0 Å². The van der Waals surface area contributed by atoms with Gasteiger partial charge in [0, 0.05) is 12.0 Å². The van der Waals surface area contributed by atoms with E-state index in [9.17, 15) is 27.6 Å². The molecule has 0 aromatic carbocycles. The summed E-state index contributed by atoms with van der Waals surface area (Å²) in [4.78, 5) is 72.6. The highest BCUT2D eigenvalue weighted by molar-refractivity contribution is 7.91. The molecule has 6 atom stereocenters. The van der Waals surface area contributed by atoms with Crippen molar-refractivity contribution >= 4 is 39.7 Å². The summed E-state index contributed by atoms with van der Waals surface area (Å²) in [5.74, 6) is -2.01. The van der Waals surface area contributed by atoms with Crippen molar-refractivity contribution < 1.29 is 41.9 Å². The van der Waals surface area contributed by atoms with Gasteiger partial charge in [-0.3, -0.25) is 23.9 Å². The Kier molecular flexibility index (Phi) is 9.41. The molecule has 0 aromatic heterocycles. The van der Waals surface area contributed by atoms with Gasteiger partial charge in [0.05, 0.1) is 18.5 Å². The van der Waals surface area contributed by atoms with Crippen molar-refractivity contribution in [3.8, 4) is 0 Å². The number of rotatable bonds is 12. The van der Waals surface area contributed by atoms with Crippen molar-refractivity contribution in [1.29, 1.82) is 0 Å². The van der Waals surface area contributed by atoms with E-state index in [0.717, 1.165) is 64.2 Å². The van der Waals surface area contributed by atoms with Gasteiger partial charge in [-0.2, -0.15) is 0 Å². The summed E-state index contributed by atoms with van der Waals surface area (Å²) in [6, 6.07) is -2.85. The fraction of sp³-hybridized carbons (Fsp3) is 0.875. The Morgan fingerprint density at radius 1 is 0.855 bits per heavy atom. The van der Waals surface area contributed by atoms with Crippen LogP contribution in [0.2, 0.25) is 0 Å². The van der Waals surface area contributed by atoms with E-state index in [1.165, 1.54) is 0 Å². The first-order valence-corrected chi connectivity index (χ1v) is 22.4. The zero-order valence-electron chi connectivity index (χ0n) is 33.2. The number of nitrogens with one attached hydrogen (secondary N) is 4. The smallest absolute Gasteiger partial charge is 0.408 e. The van der Waals surface area contributed by atoms with Gasteiger partial charge in [0.2, 0.25) is 27.7 Å². The van der Waals surface area contributed by atoms with Gasteiger partial charge in [0.15, 0.2) is 6.10 Å². The lowest BCUT2D eigenvalue weighted by Crippen LogP contribution is -2.62. The summed E-state index contributed by atoms with van der Waals surface area (Å²) in [5, 5.41) is 8.37. The molecule has 2 heterocycles. The molecule has 4 N–H and O–H groups in total. The second-order valence-electron chi connectivity index (χ2n) is 20.0. The molecule has 5 amide bonds. The molecule has 0 radical (unpaired) electrons. The van der Waals surface area contributed by atoms with Gasteiger partial charge < -0.3 is 30.3 Å². The second-order valence-corrected chi connectivity index (χ2v) is 22.0. The number of alkyl carbamates (subject to hydrolysis) is 1. The van der Waals surface area contributed by atoms with E-state index in [1.807, 2.05) is 20.8 Å². The van der Waals surface area contributed by atoms with Crippen LogP contribution in [0.4, 0.5) is 4.79 Å². The van der Waals surface area contributed by atoms with Gasteiger partial charge in [-0.05, 0) is 98.2 Å². The molecule has 8 fully saturated rings. The number of nitrogens with zero attached hydrogens (tertiary/aromatic N) is 1. The molecule has 2 aliphatic heterocycles. The van der Waals surface area contributed by atoms with Crippen molar-refractivity contribution in [2.45, 2.75) is 160 Å². The van der Waals surface area contributed by atoms with Crippen LogP contribution in [0.15, 0.2) is 0 Å². The van der Waals surface area contributed by atoms with Gasteiger partial charge in [-0.25, -0.2) is 13.2 Å². The van der Waals surface area contributed by atoms with Crippen LogP contribution in [-0.4, -0.2) is 97.8 Å². The number of hydrogen-bond acceptors (Lipinski definition) is 9. The minimum absolute atomic E-state index is 0.000588. The molecule has 0 aromatic rings. The van der Waals surface area contributed by atoms with Gasteiger partial charge in [-0.15, -0.1) is 0 Å². The van der Waals surface area contributed by atoms with Crippen molar-refractivity contribution in [3.63, 3.8) is 0 Å². The van der Waals surface area contributed by atoms with Crippen LogP contribution < -0.4 is 20.7 Å². The summed E-state index contributed by atoms with van der Waals surface area (Å²) in [5.41, 5.74) is -2.55. The maximum Gasteiger partial charge on any atom is 0.408 e. The molecule has 0 unspecified atom stereocenters. The summed E-state index contributed by atoms with van der Waals surface area (Å²) >= 11 is 0. The highest BCUT2D eigenvalue weighted by Crippen LogP contribution is 2.88. The molecular formula is C40H61N5O9S. The minimum atomic E-state index is -3.83. The number of hydrogen-bond donors (Lipinski definition) is 4. The highest BCUT2D eigenvalue weighted by atomic mass is 32.2. The monoisotopic (exact) mass is 787 g/mol. The Balaban J connectivity index is 1.06. The first kappa shape index (κ1) is 38.9. The van der Waals surface area contributed by atoms with Crippen molar-refractivity contribution in [2.75, 3.05) is 19.8 Å². The molecule has 6 aliphatic carbocycles. The fourth-order valence-corrected chi connectivity index (χ4v) is 12.7. The van der Waals surface area contributed by atoms with Gasteiger partial charge in [0.25, 0.3) is 5.91 Å². The first-order valence-electron chi connectivity index (χ1n) is 20.9. The number of sulfonamides is 1. The van der Waals surface area contributed by atoms with Gasteiger partial charge >= 0.3 is 6.09 Å². The zero-order valence-corrected chi connectivity index (χ0v) is 34.0. The topological polar surface area (TPSA) is 189 Å². The minimum Gasteiger partial charge on any atom is -0.441 e. The van der Waals surface area contributed by atoms with E-state index < -0.39 is 68.2 Å². The van der Waals surface area contributed by atoms with Crippen molar-refractivity contribution in [1.82, 2.24) is 25.6 Å². The molecule has 8 rings (SSSR count). The van der Waals surface area contributed by atoms with Crippen LogP contribution in [0.3, 0.4) is 0 Å². The summed E-state index contributed by atoms with van der Waals surface area (Å²) < 4.78 is 38.7. The molecule has 2 spiro atoms. The third-order valence-corrected chi connectivity index (χ3v) is 17.3. The van der Waals surface area contributed by atoms with E-state index in [1.54, 1.807) is 4.90 Å². The molecule has 2 saturated heterocycles. The maximum atomic E-state index is 15.1. The van der Waals surface area contributed by atoms with Gasteiger partial charge in [0.1, 0.15) is 23.7 Å². The Morgan fingerprint density at radius 2 is 1.53 bits per heavy atom. The number of likely N-dealkylation sites (tertiary alicyclic amines) is 1. The largest absolute Gasteiger partial charge is 0.441 e. The number of carbonyl (C=O) groups excluding carboxylic acids is 5. The van der Waals surface area contributed by atoms with Crippen LogP contribution in [0.1, 0.15) is 125 Å². The first-order chi connectivity index (χ1) is 25.9. The maximum absolute atomic E-state index is 15.1. The Morgan fingerprint density at radius 3 is 2.05 bits per heavy atom. The van der Waals surface area contributed by atoms with Gasteiger partial charge in [-0.1, -0.05) is 60.3 Å². The van der Waals surface area contributed by atoms with Crippen molar-refractivity contribution in [2.24, 2.45) is 39.4 Å². The Labute approximate surface area is 325 Å². The number of carbonyl (C=O) groups is 5. The lowest BCUT2D eigenvalue weighted by atomic mass is 9.73. The van der Waals surface area contributed by atoms with E-state index in [0.29, 0.717) is 45.4 Å². The number of fused-ring (bicyclic) bond motifs is 1. The zero-order chi connectivity index (χ0) is 39.3. The van der Waals surface area contributed by atoms with E-state index in [4.69, 9.17) is 9.47 Å². The third kappa shape index (κ3) is 6.54. The molecule has 15 heteroatoms. The summed E-state index contributed by atoms with van der Waals surface area (Å²) in [7, 11) is -3.83. The normalized spacial score (nSPS) is 33.4. The second kappa shape index (κ2) is 13.3. The quantitative estimate of drug-likeness (QED) is 0.230. The van der Waals surface area contributed by atoms with E-state index >= 15 is 4.79 Å². The molecule has 6 saturated carbocycles. The lowest BCUT2D eigenvalue weighted by molar-refractivity contribution is -0.145. The lowest BCUT2D eigenvalue weighted by Gasteiger charge is -2.38. The molecule has 55 heavy (non-hydrogen) atoms. The van der Waals surface area contributed by atoms with Crippen LogP contribution in [0.25, 0.3) is 0 Å². The standard InChI is InChI=1S/C40H61N5O9S/c1-36(2,3)30(42-32(47)29(24-10-7-6-8-11-24)41-35(50)54-25-20-53-21-25)33(48)45-22-39(37(4,5)38(39)16-9-17-38)19-28(45)31(46)43-40(18-27(40)23-12-13-23)34(49)44-55(51,52)26-14-15-26/h23-30H,6-22H2,1-5H3,(H,41,50)(H,42,47)(H,43,46)(H,44,49)/t27-,28-,29-,30+,39+,40+/m0/s1. The predicted octanol–water partition coefficient (Wildman–Crippen LogP) is 3.28. The fourth-order valence-electron chi connectivity index (χ4n) is 11.4. The van der Waals surface area contributed by atoms with Crippen LogP contribution >= 0.6 is 0 Å². The average molecular weight is 788 g/mol. The molecule has 306 valence electrons. The van der Waals surface area contributed by atoms with Crippen molar-refractivity contribution in [3.05, 3.63) is 0 Å². The third-order valence-electron chi connectivity index (χ3n) is 15.5. The van der Waals surface area contributed by atoms with Crippen LogP contribution in [0, 0.1) is 39.4 Å². The Bertz CT molecular complexity index is 1720. The van der Waals surface area contributed by atoms with E-state index in [-0.39, 0.29) is 46.0 Å². The molecule has 14 nitrogen and oxygen atoms in total. The number of amides is 5. The summed E-state index contributed by atoms with van der Waals surface area (Å²) in [6.07, 6.45) is 10.2. The molecule has 0 bridgehead atoms. The molecular weight excluding hydrogens is 727 g/mol. The predicted molar refractivity (Wildman–Crippen MR) is 200 cm³/mol. The SMILES string of the molecule is CC(C)(C)[C@H](NC(=O)[C@@H](NC(=O)OC1COC1)C1CCCCC1)C(=O)N1C[C@]2(C[C@H]1C(=O)N[C@]1(C(=O)NS(=O)(=O)C3CC3)C[C@H]1C1CC1)C(C)(C)C21CCC1. The van der Waals surface area contributed by atoms with E-state index in [2.05, 4.69) is 34.5 Å². The number of ether oxygens (including phenoxy) is 2. The summed E-state index contributed by atoms with van der Waals surface area (Å²) in [6.45, 7) is 11.1.